The van der Waals surface area contributed by atoms with Gasteiger partial charge in [-0.1, -0.05) is 43.3 Å². The van der Waals surface area contributed by atoms with Crippen molar-refractivity contribution in [2.75, 3.05) is 28.4 Å². The fraction of sp³-hybridized carbons (Fsp3) is 0.256. The van der Waals surface area contributed by atoms with E-state index in [1.807, 2.05) is 7.11 Å². The summed E-state index contributed by atoms with van der Waals surface area (Å²) in [6, 6.07) is 37.5. The second-order valence-corrected chi connectivity index (χ2v) is 16.6. The number of benzene rings is 7. The zero-order valence-corrected chi connectivity index (χ0v) is 29.4. The molecule has 8 rings (SSSR count). The molecule has 0 amide bonds. The average molecular weight is 651 g/mol. The summed E-state index contributed by atoms with van der Waals surface area (Å²) in [5, 5.41) is 17.8. The molecule has 0 fully saturated rings. The number of hydrogen-bond donors (Lipinski definition) is 0. The van der Waals surface area contributed by atoms with Crippen molar-refractivity contribution in [3.8, 4) is 0 Å². The largest absolute Gasteiger partial charge is 0.500 e. The number of methoxy groups -OCH3 is 1. The fourth-order valence-corrected chi connectivity index (χ4v) is 9.94. The minimum Gasteiger partial charge on any atom is -0.381 e. The zero-order chi connectivity index (χ0) is 33.0. The molecule has 4 nitrogen and oxygen atoms in total. The van der Waals surface area contributed by atoms with Gasteiger partial charge in [0, 0.05) is 39.9 Å². The molecule has 0 spiro atoms. The Morgan fingerprint density at radius 1 is 0.562 bits per heavy atom. The molecule has 7 aromatic rings. The first-order valence-corrected chi connectivity index (χ1v) is 18.9. The summed E-state index contributed by atoms with van der Waals surface area (Å²) in [4.78, 5) is 0. The quantitative estimate of drug-likeness (QED) is 0.115. The molecule has 0 radical (unpaired) electrons. The third-order valence-electron chi connectivity index (χ3n) is 11.1. The predicted octanol–water partition coefficient (Wildman–Crippen LogP) is 9.25. The van der Waals surface area contributed by atoms with Crippen LogP contribution in [0.2, 0.25) is 6.04 Å². The van der Waals surface area contributed by atoms with Crippen LogP contribution in [0.1, 0.15) is 26.2 Å². The van der Waals surface area contributed by atoms with E-state index in [4.69, 9.17) is 18.0 Å². The van der Waals surface area contributed by atoms with Gasteiger partial charge in [-0.05, 0) is 167 Å². The van der Waals surface area contributed by atoms with Crippen molar-refractivity contribution in [3.63, 3.8) is 0 Å². The lowest BCUT2D eigenvalue weighted by Crippen LogP contribution is -2.46. The zero-order valence-electron chi connectivity index (χ0n) is 28.4. The molecule has 7 aromatic carbocycles. The summed E-state index contributed by atoms with van der Waals surface area (Å²) in [6.07, 6.45) is 7.60. The molecular weight excluding hydrogens is 609 g/mol. The van der Waals surface area contributed by atoms with E-state index in [-0.39, 0.29) is 11.5 Å². The topological polar surface area (TPSA) is 36.9 Å². The van der Waals surface area contributed by atoms with Crippen molar-refractivity contribution in [1.82, 2.24) is 0 Å². The molecule has 1 aliphatic rings. The molecule has 0 saturated carbocycles. The summed E-state index contributed by atoms with van der Waals surface area (Å²) >= 11 is 0. The summed E-state index contributed by atoms with van der Waals surface area (Å²) in [6.45, 7) is 2.27. The second-order valence-electron chi connectivity index (χ2n) is 13.5. The Hall–Kier alpha value is -4.10. The van der Waals surface area contributed by atoms with Crippen LogP contribution in [0.15, 0.2) is 97.1 Å². The van der Waals surface area contributed by atoms with E-state index < -0.39 is 8.80 Å². The third-order valence-corrected chi connectivity index (χ3v) is 13.9. The van der Waals surface area contributed by atoms with E-state index in [0.29, 0.717) is 6.04 Å². The van der Waals surface area contributed by atoms with Crippen LogP contribution in [-0.2, 0) is 18.0 Å². The fourth-order valence-electron chi connectivity index (χ4n) is 8.21. The first kappa shape index (κ1) is 31.2. The van der Waals surface area contributed by atoms with Crippen molar-refractivity contribution in [2.45, 2.75) is 38.3 Å². The Labute approximate surface area is 282 Å². The maximum Gasteiger partial charge on any atom is 0.500 e. The SMILES string of the molecule is CCC1(C(CC[Si](OC)(OC)OC)OC)C=c2cc3cc4cc5cc6cc7cc8ccccc8cc7cc6cc5cc4cc3cc2=CC1. The number of rotatable bonds is 9. The molecule has 0 aliphatic heterocycles. The van der Waals surface area contributed by atoms with Crippen LogP contribution in [0, 0.1) is 5.41 Å². The minimum atomic E-state index is -2.70. The highest BCUT2D eigenvalue weighted by atomic mass is 28.4. The summed E-state index contributed by atoms with van der Waals surface area (Å²) < 4.78 is 23.4. The van der Waals surface area contributed by atoms with Gasteiger partial charge in [-0.3, -0.25) is 0 Å². The second kappa shape index (κ2) is 12.1. The molecule has 0 bridgehead atoms. The van der Waals surface area contributed by atoms with Gasteiger partial charge in [0.25, 0.3) is 0 Å². The van der Waals surface area contributed by atoms with Crippen LogP contribution in [0.5, 0.6) is 0 Å². The molecule has 0 heterocycles. The lowest BCUT2D eigenvalue weighted by molar-refractivity contribution is 0.0143. The normalized spacial score (nSPS) is 17.3. The van der Waals surface area contributed by atoms with Crippen LogP contribution in [0.4, 0.5) is 0 Å². The van der Waals surface area contributed by atoms with Gasteiger partial charge in [0.05, 0.1) is 6.10 Å². The van der Waals surface area contributed by atoms with E-state index >= 15 is 0 Å². The summed E-state index contributed by atoms with van der Waals surface area (Å²) in [5.74, 6) is 0. The molecule has 0 saturated heterocycles. The van der Waals surface area contributed by atoms with E-state index in [9.17, 15) is 0 Å². The first-order valence-electron chi connectivity index (χ1n) is 17.0. The molecule has 2 unspecified atom stereocenters. The standard InChI is InChI=1S/C43H42O4Si/c1-6-43(42(44-2)12-14-48(45-3,46-4)47-5)13-11-30-17-33-20-36-23-37-21-34-18-31-15-28-9-7-8-10-29(28)16-32(31)19-35(34)22-38(37)24-39(36)25-40(33)26-41(30)27-43/h7-11,15-27,42H,6,12-14H2,1-5H3. The lowest BCUT2D eigenvalue weighted by Gasteiger charge is -2.39. The van der Waals surface area contributed by atoms with Gasteiger partial charge in [0.1, 0.15) is 0 Å². The van der Waals surface area contributed by atoms with Gasteiger partial charge in [-0.25, -0.2) is 0 Å². The average Bonchev–Trinajstić information content (AvgIpc) is 3.11. The highest BCUT2D eigenvalue weighted by Gasteiger charge is 2.42. The Kier molecular flexibility index (Phi) is 7.86. The van der Waals surface area contributed by atoms with Crippen molar-refractivity contribution >= 4 is 85.6 Å². The van der Waals surface area contributed by atoms with Gasteiger partial charge < -0.3 is 18.0 Å². The maximum absolute atomic E-state index is 6.19. The van der Waals surface area contributed by atoms with Gasteiger partial charge in [-0.2, -0.15) is 0 Å². The minimum absolute atomic E-state index is 0.0172. The monoisotopic (exact) mass is 650 g/mol. The summed E-state index contributed by atoms with van der Waals surface area (Å²) in [7, 11) is 4.15. The molecule has 5 heteroatoms. The molecule has 0 aromatic heterocycles. The highest BCUT2D eigenvalue weighted by molar-refractivity contribution is 6.60. The van der Waals surface area contributed by atoms with Gasteiger partial charge in [-0.15, -0.1) is 0 Å². The Morgan fingerprint density at radius 2 is 0.958 bits per heavy atom. The number of ether oxygens (including phenoxy) is 1. The molecule has 242 valence electrons. The van der Waals surface area contributed by atoms with Crippen LogP contribution in [0.3, 0.4) is 0 Å². The van der Waals surface area contributed by atoms with Crippen LogP contribution < -0.4 is 10.4 Å². The van der Waals surface area contributed by atoms with Crippen molar-refractivity contribution in [2.24, 2.45) is 5.41 Å². The maximum atomic E-state index is 6.19. The van der Waals surface area contributed by atoms with Crippen molar-refractivity contribution in [1.29, 1.82) is 0 Å². The van der Waals surface area contributed by atoms with Crippen molar-refractivity contribution < 1.29 is 18.0 Å². The molecule has 0 N–H and O–H groups in total. The molecular formula is C43H42O4Si. The molecule has 48 heavy (non-hydrogen) atoms. The van der Waals surface area contributed by atoms with E-state index in [1.165, 1.54) is 75.1 Å². The highest BCUT2D eigenvalue weighted by Crippen LogP contribution is 2.40. The Bertz CT molecular complexity index is 2490. The first-order chi connectivity index (χ1) is 23.4. The third kappa shape index (κ3) is 5.22. The van der Waals surface area contributed by atoms with Crippen LogP contribution in [0.25, 0.3) is 76.8 Å². The number of fused-ring (bicyclic) bond motifs is 7. The molecule has 1 aliphatic carbocycles. The van der Waals surface area contributed by atoms with Crippen LogP contribution >= 0.6 is 0 Å². The number of hydrogen-bond acceptors (Lipinski definition) is 4. The Balaban J connectivity index is 1.20. The van der Waals surface area contributed by atoms with Gasteiger partial charge >= 0.3 is 8.80 Å². The van der Waals surface area contributed by atoms with E-state index in [1.54, 1.807) is 21.3 Å². The summed E-state index contributed by atoms with van der Waals surface area (Å²) in [5.41, 5.74) is -0.116. The van der Waals surface area contributed by atoms with E-state index in [0.717, 1.165) is 19.3 Å². The Morgan fingerprint density at radius 3 is 1.35 bits per heavy atom. The van der Waals surface area contributed by atoms with Gasteiger partial charge in [0.15, 0.2) is 0 Å². The smallest absolute Gasteiger partial charge is 0.381 e. The lowest BCUT2D eigenvalue weighted by atomic mass is 9.72. The van der Waals surface area contributed by atoms with Crippen LogP contribution in [-0.4, -0.2) is 43.3 Å². The predicted molar refractivity (Wildman–Crippen MR) is 204 cm³/mol. The van der Waals surface area contributed by atoms with E-state index in [2.05, 4.69) is 116 Å². The molecule has 2 atom stereocenters. The van der Waals surface area contributed by atoms with Gasteiger partial charge in [0.2, 0.25) is 0 Å². The van der Waals surface area contributed by atoms with Crippen molar-refractivity contribution in [3.05, 3.63) is 107 Å².